The summed E-state index contributed by atoms with van der Waals surface area (Å²) in [6, 6.07) is 10.3. The van der Waals surface area contributed by atoms with Gasteiger partial charge in [0.15, 0.2) is 0 Å². The molecule has 2 nitrogen and oxygen atoms in total. The van der Waals surface area contributed by atoms with Gasteiger partial charge in [-0.1, -0.05) is 24.3 Å². The van der Waals surface area contributed by atoms with E-state index in [0.717, 1.165) is 16.5 Å². The summed E-state index contributed by atoms with van der Waals surface area (Å²) in [5.41, 5.74) is 8.60. The molecule has 0 saturated carbocycles. The molecule has 1 aromatic carbocycles. The maximum Gasteiger partial charge on any atom is 0.0656 e. The number of fused-ring (bicyclic) bond motifs is 1. The average Bonchev–Trinajstić information content (AvgIpc) is 2.84. The number of aromatic nitrogens is 1. The maximum atomic E-state index is 6.36. The van der Waals surface area contributed by atoms with E-state index in [1.54, 1.807) is 11.3 Å². The van der Waals surface area contributed by atoms with Crippen molar-refractivity contribution in [3.05, 3.63) is 62.1 Å². The summed E-state index contributed by atoms with van der Waals surface area (Å²) in [7, 11) is 0. The van der Waals surface area contributed by atoms with Crippen molar-refractivity contribution in [2.45, 2.75) is 6.04 Å². The SMILES string of the molecule is NC(c1csc(I)c1)c1cncc2ccccc12. The van der Waals surface area contributed by atoms with Gasteiger partial charge in [-0.05, 0) is 50.6 Å². The fourth-order valence-electron chi connectivity index (χ4n) is 2.05. The first-order chi connectivity index (χ1) is 8.75. The molecule has 0 fully saturated rings. The monoisotopic (exact) mass is 366 g/mol. The van der Waals surface area contributed by atoms with Gasteiger partial charge in [0.05, 0.1) is 8.93 Å². The Bertz CT molecular complexity index is 688. The predicted octanol–water partition coefficient (Wildman–Crippen LogP) is 3.95. The third-order valence-electron chi connectivity index (χ3n) is 2.98. The molecule has 0 saturated heterocycles. The van der Waals surface area contributed by atoms with E-state index in [-0.39, 0.29) is 6.04 Å². The Kier molecular flexibility index (Phi) is 3.32. The van der Waals surface area contributed by atoms with Gasteiger partial charge < -0.3 is 5.73 Å². The summed E-state index contributed by atoms with van der Waals surface area (Å²) in [5.74, 6) is 0. The minimum atomic E-state index is -0.108. The number of hydrogen-bond acceptors (Lipinski definition) is 3. The van der Waals surface area contributed by atoms with Crippen LogP contribution in [0, 0.1) is 2.88 Å². The number of nitrogens with zero attached hydrogens (tertiary/aromatic N) is 1. The van der Waals surface area contributed by atoms with Crippen LogP contribution in [0.5, 0.6) is 0 Å². The molecule has 1 unspecified atom stereocenters. The van der Waals surface area contributed by atoms with Crippen LogP contribution in [0.25, 0.3) is 10.8 Å². The summed E-state index contributed by atoms with van der Waals surface area (Å²) in [5, 5.41) is 4.44. The minimum Gasteiger partial charge on any atom is -0.320 e. The zero-order valence-corrected chi connectivity index (χ0v) is 12.5. The number of halogens is 1. The van der Waals surface area contributed by atoms with Gasteiger partial charge in [0.2, 0.25) is 0 Å². The van der Waals surface area contributed by atoms with Crippen LogP contribution < -0.4 is 5.73 Å². The van der Waals surface area contributed by atoms with E-state index in [4.69, 9.17) is 5.73 Å². The minimum absolute atomic E-state index is 0.108. The number of rotatable bonds is 2. The topological polar surface area (TPSA) is 38.9 Å². The highest BCUT2D eigenvalue weighted by Crippen LogP contribution is 2.29. The molecule has 0 aliphatic heterocycles. The van der Waals surface area contributed by atoms with Crippen molar-refractivity contribution in [1.82, 2.24) is 4.98 Å². The summed E-state index contributed by atoms with van der Waals surface area (Å²) in [6.07, 6.45) is 3.75. The fourth-order valence-corrected chi connectivity index (χ4v) is 3.46. The van der Waals surface area contributed by atoms with Crippen LogP contribution in [0.1, 0.15) is 17.2 Å². The third-order valence-corrected chi connectivity index (χ3v) is 4.79. The largest absolute Gasteiger partial charge is 0.320 e. The smallest absolute Gasteiger partial charge is 0.0656 e. The van der Waals surface area contributed by atoms with Crippen molar-refractivity contribution in [3.63, 3.8) is 0 Å². The lowest BCUT2D eigenvalue weighted by atomic mass is 9.98. The zero-order chi connectivity index (χ0) is 12.5. The van der Waals surface area contributed by atoms with E-state index in [1.807, 2.05) is 24.5 Å². The molecular formula is C14H11IN2S. The van der Waals surface area contributed by atoms with Gasteiger partial charge in [-0.2, -0.15) is 0 Å². The van der Waals surface area contributed by atoms with Crippen LogP contribution >= 0.6 is 33.9 Å². The summed E-state index contributed by atoms with van der Waals surface area (Å²) >= 11 is 4.04. The highest BCUT2D eigenvalue weighted by atomic mass is 127. The molecule has 3 aromatic rings. The molecule has 4 heteroatoms. The molecule has 18 heavy (non-hydrogen) atoms. The summed E-state index contributed by atoms with van der Waals surface area (Å²) < 4.78 is 1.26. The molecule has 0 spiro atoms. The molecule has 90 valence electrons. The standard InChI is InChI=1S/C14H11IN2S/c15-13-5-10(8-18-13)14(16)12-7-17-6-9-3-1-2-4-11(9)12/h1-8,14H,16H2. The molecule has 2 N–H and O–H groups in total. The highest BCUT2D eigenvalue weighted by Gasteiger charge is 2.13. The lowest BCUT2D eigenvalue weighted by Gasteiger charge is -2.12. The van der Waals surface area contributed by atoms with E-state index >= 15 is 0 Å². The second-order valence-electron chi connectivity index (χ2n) is 4.11. The Morgan fingerprint density at radius 3 is 2.83 bits per heavy atom. The summed E-state index contributed by atoms with van der Waals surface area (Å²) in [4.78, 5) is 4.29. The van der Waals surface area contributed by atoms with E-state index in [1.165, 1.54) is 8.27 Å². The van der Waals surface area contributed by atoms with Crippen LogP contribution in [0.15, 0.2) is 48.1 Å². The molecule has 2 heterocycles. The molecular weight excluding hydrogens is 355 g/mol. The first kappa shape index (κ1) is 12.1. The van der Waals surface area contributed by atoms with Crippen LogP contribution in [0.3, 0.4) is 0 Å². The van der Waals surface area contributed by atoms with Gasteiger partial charge in [-0.3, -0.25) is 4.98 Å². The number of thiophene rings is 1. The lowest BCUT2D eigenvalue weighted by Crippen LogP contribution is -2.11. The second kappa shape index (κ2) is 4.95. The molecule has 3 rings (SSSR count). The number of nitrogens with two attached hydrogens (primary N) is 1. The van der Waals surface area contributed by atoms with Crippen LogP contribution in [-0.4, -0.2) is 4.98 Å². The van der Waals surface area contributed by atoms with Gasteiger partial charge in [0, 0.05) is 17.8 Å². The Labute approximate surface area is 123 Å². The molecule has 1 atom stereocenters. The van der Waals surface area contributed by atoms with Crippen molar-refractivity contribution in [2.75, 3.05) is 0 Å². The normalized spacial score (nSPS) is 12.8. The maximum absolute atomic E-state index is 6.36. The highest BCUT2D eigenvalue weighted by molar-refractivity contribution is 14.1. The zero-order valence-electron chi connectivity index (χ0n) is 9.51. The van der Waals surface area contributed by atoms with Gasteiger partial charge in [0.1, 0.15) is 0 Å². The predicted molar refractivity (Wildman–Crippen MR) is 84.8 cm³/mol. The van der Waals surface area contributed by atoms with Crippen molar-refractivity contribution in [3.8, 4) is 0 Å². The number of hydrogen-bond donors (Lipinski definition) is 1. The Balaban J connectivity index is 2.14. The van der Waals surface area contributed by atoms with Crippen molar-refractivity contribution in [2.24, 2.45) is 5.73 Å². The quantitative estimate of drug-likeness (QED) is 0.698. The first-order valence-electron chi connectivity index (χ1n) is 5.58. The molecule has 0 aliphatic rings. The second-order valence-corrected chi connectivity index (χ2v) is 6.92. The number of pyridine rings is 1. The lowest BCUT2D eigenvalue weighted by molar-refractivity contribution is 0.878. The van der Waals surface area contributed by atoms with Crippen LogP contribution in [0.2, 0.25) is 0 Å². The van der Waals surface area contributed by atoms with Gasteiger partial charge in [0.25, 0.3) is 0 Å². The van der Waals surface area contributed by atoms with Gasteiger partial charge in [-0.25, -0.2) is 0 Å². The Hall–Kier alpha value is -0.980. The van der Waals surface area contributed by atoms with Crippen molar-refractivity contribution >= 4 is 44.7 Å². The fraction of sp³-hybridized carbons (Fsp3) is 0.0714. The van der Waals surface area contributed by atoms with E-state index in [0.29, 0.717) is 0 Å². The molecule has 0 radical (unpaired) electrons. The van der Waals surface area contributed by atoms with Crippen LogP contribution in [0.4, 0.5) is 0 Å². The van der Waals surface area contributed by atoms with Gasteiger partial charge >= 0.3 is 0 Å². The van der Waals surface area contributed by atoms with Crippen LogP contribution in [-0.2, 0) is 0 Å². The molecule has 2 aromatic heterocycles. The molecule has 0 bridgehead atoms. The Morgan fingerprint density at radius 2 is 2.06 bits per heavy atom. The van der Waals surface area contributed by atoms with E-state index < -0.39 is 0 Å². The van der Waals surface area contributed by atoms with Crippen molar-refractivity contribution in [1.29, 1.82) is 0 Å². The first-order valence-corrected chi connectivity index (χ1v) is 7.54. The average molecular weight is 366 g/mol. The van der Waals surface area contributed by atoms with Gasteiger partial charge in [-0.15, -0.1) is 11.3 Å². The Morgan fingerprint density at radius 1 is 1.22 bits per heavy atom. The van der Waals surface area contributed by atoms with E-state index in [2.05, 4.69) is 51.2 Å². The van der Waals surface area contributed by atoms with E-state index in [9.17, 15) is 0 Å². The summed E-state index contributed by atoms with van der Waals surface area (Å²) in [6.45, 7) is 0. The number of benzene rings is 1. The van der Waals surface area contributed by atoms with Crippen molar-refractivity contribution < 1.29 is 0 Å². The molecule has 0 aliphatic carbocycles. The molecule has 0 amide bonds. The third kappa shape index (κ3) is 2.15.